The molecule has 0 N–H and O–H groups in total. The number of benzene rings is 3. The molecule has 23 heavy (non-hydrogen) atoms. The van der Waals surface area contributed by atoms with Crippen molar-refractivity contribution in [3.05, 3.63) is 119 Å². The number of hydrogen-bond donors (Lipinski definition) is 0. The monoisotopic (exact) mass is 298 g/mol. The Balaban J connectivity index is 1.92. The predicted molar refractivity (Wildman–Crippen MR) is 98.6 cm³/mol. The third kappa shape index (κ3) is 3.98. The first kappa shape index (κ1) is 15.3. The van der Waals surface area contributed by atoms with Gasteiger partial charge in [-0.05, 0) is 30.0 Å². The Bertz CT molecular complexity index is 700. The zero-order valence-electron chi connectivity index (χ0n) is 13.5. The number of allylic oxidation sites excluding steroid dienone is 2. The highest BCUT2D eigenvalue weighted by Crippen LogP contribution is 2.31. The molecule has 0 heterocycles. The van der Waals surface area contributed by atoms with Crippen LogP contribution in [0.2, 0.25) is 0 Å². The average Bonchev–Trinajstić information content (AvgIpc) is 2.63. The Morgan fingerprint density at radius 2 is 1.13 bits per heavy atom. The molecule has 0 unspecified atom stereocenters. The van der Waals surface area contributed by atoms with Gasteiger partial charge >= 0.3 is 0 Å². The first-order valence-corrected chi connectivity index (χ1v) is 8.15. The summed E-state index contributed by atoms with van der Waals surface area (Å²) in [4.78, 5) is 0. The molecule has 114 valence electrons. The maximum absolute atomic E-state index is 2.36. The molecule has 0 atom stereocenters. The average molecular weight is 298 g/mol. The largest absolute Gasteiger partial charge is 0.0803 e. The van der Waals surface area contributed by atoms with Gasteiger partial charge in [-0.1, -0.05) is 103 Å². The van der Waals surface area contributed by atoms with E-state index in [2.05, 4.69) is 104 Å². The lowest BCUT2D eigenvalue weighted by Gasteiger charge is -2.19. The molecule has 0 fully saturated rings. The molecule has 0 aliphatic heterocycles. The number of rotatable bonds is 5. The van der Waals surface area contributed by atoms with Gasteiger partial charge in [-0.3, -0.25) is 0 Å². The van der Waals surface area contributed by atoms with E-state index in [4.69, 9.17) is 0 Å². The van der Waals surface area contributed by atoms with Crippen LogP contribution in [0.1, 0.15) is 29.5 Å². The molecule has 0 spiro atoms. The Morgan fingerprint density at radius 1 is 0.696 bits per heavy atom. The van der Waals surface area contributed by atoms with Crippen LogP contribution in [0.25, 0.3) is 0 Å². The molecule has 0 saturated heterocycles. The van der Waals surface area contributed by atoms with Gasteiger partial charge in [0.2, 0.25) is 0 Å². The Hall–Kier alpha value is -2.60. The molecule has 0 nitrogen and oxygen atoms in total. The van der Waals surface area contributed by atoms with Crippen LogP contribution in [0.4, 0.5) is 0 Å². The minimum Gasteiger partial charge on any atom is -0.0803 e. The molecule has 0 amide bonds. The SMILES string of the molecule is C/C(=C\Cc1ccccc1)C(c1ccccc1)c1ccccc1. The Morgan fingerprint density at radius 3 is 1.61 bits per heavy atom. The van der Waals surface area contributed by atoms with Crippen molar-refractivity contribution in [2.75, 3.05) is 0 Å². The molecule has 0 heteroatoms. The maximum Gasteiger partial charge on any atom is 0.0296 e. The molecular weight excluding hydrogens is 276 g/mol. The third-order valence-corrected chi connectivity index (χ3v) is 4.22. The van der Waals surface area contributed by atoms with Crippen molar-refractivity contribution in [3.8, 4) is 0 Å². The highest BCUT2D eigenvalue weighted by atomic mass is 14.2. The molecule has 0 aliphatic carbocycles. The summed E-state index contributed by atoms with van der Waals surface area (Å²) in [6, 6.07) is 32.2. The molecule has 3 aromatic rings. The van der Waals surface area contributed by atoms with Crippen LogP contribution in [0.15, 0.2) is 103 Å². The smallest absolute Gasteiger partial charge is 0.0296 e. The number of hydrogen-bond acceptors (Lipinski definition) is 0. The van der Waals surface area contributed by atoms with E-state index in [-0.39, 0.29) is 0 Å². The summed E-state index contributed by atoms with van der Waals surface area (Å²) in [7, 11) is 0. The molecule has 0 bridgehead atoms. The molecule has 3 aromatic carbocycles. The van der Waals surface area contributed by atoms with Gasteiger partial charge in [0.25, 0.3) is 0 Å². The summed E-state index contributed by atoms with van der Waals surface area (Å²) in [5.41, 5.74) is 5.44. The fourth-order valence-electron chi connectivity index (χ4n) is 3.02. The van der Waals surface area contributed by atoms with Crippen LogP contribution in [-0.2, 0) is 6.42 Å². The minimum absolute atomic E-state index is 0.320. The molecule has 0 aromatic heterocycles. The van der Waals surface area contributed by atoms with Crippen molar-refractivity contribution in [1.29, 1.82) is 0 Å². The summed E-state index contributed by atoms with van der Waals surface area (Å²) in [5, 5.41) is 0. The summed E-state index contributed by atoms with van der Waals surface area (Å²) >= 11 is 0. The van der Waals surface area contributed by atoms with Gasteiger partial charge in [0.05, 0.1) is 0 Å². The zero-order chi connectivity index (χ0) is 15.9. The van der Waals surface area contributed by atoms with E-state index >= 15 is 0 Å². The third-order valence-electron chi connectivity index (χ3n) is 4.22. The summed E-state index contributed by atoms with van der Waals surface area (Å²) in [6.07, 6.45) is 3.34. The first-order chi connectivity index (χ1) is 11.3. The molecule has 0 aliphatic rings. The van der Waals surface area contributed by atoms with Gasteiger partial charge in [0.15, 0.2) is 0 Å². The van der Waals surface area contributed by atoms with Gasteiger partial charge in [-0.25, -0.2) is 0 Å². The van der Waals surface area contributed by atoms with Gasteiger partial charge in [-0.15, -0.1) is 0 Å². The van der Waals surface area contributed by atoms with Gasteiger partial charge < -0.3 is 0 Å². The predicted octanol–water partition coefficient (Wildman–Crippen LogP) is 6.01. The quantitative estimate of drug-likeness (QED) is 0.506. The summed E-state index contributed by atoms with van der Waals surface area (Å²) in [5.74, 6) is 0.320. The van der Waals surface area contributed by atoms with Crippen LogP contribution in [-0.4, -0.2) is 0 Å². The minimum atomic E-state index is 0.320. The highest BCUT2D eigenvalue weighted by molar-refractivity contribution is 5.40. The Kier molecular flexibility index (Phi) is 5.06. The summed E-state index contributed by atoms with van der Waals surface area (Å²) < 4.78 is 0. The van der Waals surface area contributed by atoms with E-state index in [0.717, 1.165) is 6.42 Å². The second-order valence-corrected chi connectivity index (χ2v) is 5.89. The lowest BCUT2D eigenvalue weighted by atomic mass is 9.85. The van der Waals surface area contributed by atoms with Crippen molar-refractivity contribution in [2.45, 2.75) is 19.3 Å². The van der Waals surface area contributed by atoms with Crippen molar-refractivity contribution in [1.82, 2.24) is 0 Å². The van der Waals surface area contributed by atoms with Crippen molar-refractivity contribution in [3.63, 3.8) is 0 Å². The van der Waals surface area contributed by atoms with Gasteiger partial charge in [-0.2, -0.15) is 0 Å². The lowest BCUT2D eigenvalue weighted by Crippen LogP contribution is -2.03. The van der Waals surface area contributed by atoms with Crippen LogP contribution in [0.3, 0.4) is 0 Å². The normalized spacial score (nSPS) is 11.7. The van der Waals surface area contributed by atoms with E-state index in [0.29, 0.717) is 5.92 Å². The standard InChI is InChI=1S/C23H22/c1-19(17-18-20-11-5-2-6-12-20)23(21-13-7-3-8-14-21)22-15-9-4-10-16-22/h2-17,23H,18H2,1H3/b19-17+. The molecule has 0 saturated carbocycles. The van der Waals surface area contributed by atoms with Gasteiger partial charge in [0.1, 0.15) is 0 Å². The van der Waals surface area contributed by atoms with Crippen molar-refractivity contribution < 1.29 is 0 Å². The second-order valence-electron chi connectivity index (χ2n) is 5.89. The topological polar surface area (TPSA) is 0 Å². The summed E-state index contributed by atoms with van der Waals surface area (Å²) in [6.45, 7) is 2.24. The van der Waals surface area contributed by atoms with E-state index in [9.17, 15) is 0 Å². The maximum atomic E-state index is 2.36. The van der Waals surface area contributed by atoms with E-state index in [1.54, 1.807) is 0 Å². The molecule has 0 radical (unpaired) electrons. The van der Waals surface area contributed by atoms with Crippen molar-refractivity contribution >= 4 is 0 Å². The van der Waals surface area contributed by atoms with Gasteiger partial charge in [0, 0.05) is 5.92 Å². The first-order valence-electron chi connectivity index (χ1n) is 8.15. The van der Waals surface area contributed by atoms with E-state index in [1.165, 1.54) is 22.3 Å². The Labute approximate surface area is 139 Å². The van der Waals surface area contributed by atoms with Crippen LogP contribution in [0.5, 0.6) is 0 Å². The van der Waals surface area contributed by atoms with Crippen LogP contribution < -0.4 is 0 Å². The molecule has 3 rings (SSSR count). The zero-order valence-corrected chi connectivity index (χ0v) is 13.5. The lowest BCUT2D eigenvalue weighted by molar-refractivity contribution is 0.934. The van der Waals surface area contributed by atoms with Crippen molar-refractivity contribution in [2.24, 2.45) is 0 Å². The molecular formula is C23H22. The fourth-order valence-corrected chi connectivity index (χ4v) is 3.02. The van der Waals surface area contributed by atoms with Crippen LogP contribution in [0, 0.1) is 0 Å². The van der Waals surface area contributed by atoms with E-state index in [1.807, 2.05) is 0 Å². The van der Waals surface area contributed by atoms with Crippen LogP contribution >= 0.6 is 0 Å². The highest BCUT2D eigenvalue weighted by Gasteiger charge is 2.15. The van der Waals surface area contributed by atoms with E-state index < -0.39 is 0 Å². The fraction of sp³-hybridized carbons (Fsp3) is 0.130. The second kappa shape index (κ2) is 7.60.